The molecule has 8 nitrogen and oxygen atoms in total. The molecule has 2 aromatic rings. The smallest absolute Gasteiger partial charge is 0.269 e. The molecule has 1 aromatic heterocycles. The van der Waals surface area contributed by atoms with Crippen LogP contribution in [0, 0.1) is 10.1 Å². The molecule has 1 aromatic carbocycles. The fourth-order valence-corrected chi connectivity index (χ4v) is 3.10. The van der Waals surface area contributed by atoms with Gasteiger partial charge in [0.15, 0.2) is 5.82 Å². The zero-order valence-corrected chi connectivity index (χ0v) is 14.7. The third-order valence-corrected chi connectivity index (χ3v) is 4.70. The second-order valence-corrected chi connectivity index (χ2v) is 6.34. The number of nitro groups is 1. The molecule has 1 aliphatic heterocycles. The minimum Gasteiger partial charge on any atom is -0.338 e. The first kappa shape index (κ1) is 18.7. The van der Waals surface area contributed by atoms with Gasteiger partial charge in [0.05, 0.1) is 16.7 Å². The molecule has 0 spiro atoms. The predicted octanol–water partition coefficient (Wildman–Crippen LogP) is 2.27. The fraction of sp³-hybridized carbons (Fsp3) is 0.429. The van der Waals surface area contributed by atoms with Crippen LogP contribution in [-0.4, -0.2) is 46.6 Å². The summed E-state index contributed by atoms with van der Waals surface area (Å²) >= 11 is 1.51. The Bertz CT molecular complexity index is 681. The minimum absolute atomic E-state index is 0. The van der Waals surface area contributed by atoms with Crippen molar-refractivity contribution in [2.24, 2.45) is 0 Å². The fourth-order valence-electron chi connectivity index (χ4n) is 2.37. The lowest BCUT2D eigenvalue weighted by atomic mass is 10.2. The van der Waals surface area contributed by atoms with E-state index in [1.807, 2.05) is 7.05 Å². The maximum atomic E-state index is 10.6. The number of nitrogens with zero attached hydrogens (tertiary/aromatic N) is 4. The molecule has 0 aliphatic carbocycles. The molecule has 130 valence electrons. The molecule has 0 amide bonds. The predicted molar refractivity (Wildman–Crippen MR) is 92.4 cm³/mol. The van der Waals surface area contributed by atoms with Crippen molar-refractivity contribution >= 4 is 29.9 Å². The SMILES string of the molecule is CN1CCNCC1c1noc(CSc2ccc([N+](=O)[O-])cc2)n1.Cl. The highest BCUT2D eigenvalue weighted by molar-refractivity contribution is 7.98. The van der Waals surface area contributed by atoms with Crippen molar-refractivity contribution in [3.63, 3.8) is 0 Å². The van der Waals surface area contributed by atoms with Crippen molar-refractivity contribution in [1.29, 1.82) is 0 Å². The number of halogens is 1. The van der Waals surface area contributed by atoms with Gasteiger partial charge in [-0.25, -0.2) is 0 Å². The van der Waals surface area contributed by atoms with Gasteiger partial charge in [-0.15, -0.1) is 24.2 Å². The lowest BCUT2D eigenvalue weighted by Crippen LogP contribution is -2.44. The summed E-state index contributed by atoms with van der Waals surface area (Å²) in [7, 11) is 2.05. The molecular weight excluding hydrogens is 354 g/mol. The Hall–Kier alpha value is -1.68. The normalized spacial score (nSPS) is 18.1. The summed E-state index contributed by atoms with van der Waals surface area (Å²) in [6, 6.07) is 6.55. The van der Waals surface area contributed by atoms with Crippen LogP contribution in [0.2, 0.25) is 0 Å². The largest absolute Gasteiger partial charge is 0.338 e. The molecule has 0 radical (unpaired) electrons. The molecule has 1 unspecified atom stereocenters. The minimum atomic E-state index is -0.409. The molecule has 2 heterocycles. The van der Waals surface area contributed by atoms with Crippen molar-refractivity contribution in [1.82, 2.24) is 20.4 Å². The second-order valence-electron chi connectivity index (χ2n) is 5.29. The number of non-ortho nitro benzene ring substituents is 1. The summed E-state index contributed by atoms with van der Waals surface area (Å²) in [5.74, 6) is 1.79. The number of hydrogen-bond acceptors (Lipinski definition) is 8. The Morgan fingerprint density at radius 2 is 2.21 bits per heavy atom. The van der Waals surface area contributed by atoms with Crippen LogP contribution in [-0.2, 0) is 5.75 Å². The van der Waals surface area contributed by atoms with Crippen molar-refractivity contribution in [3.8, 4) is 0 Å². The van der Waals surface area contributed by atoms with Crippen molar-refractivity contribution < 1.29 is 9.45 Å². The molecule has 1 atom stereocenters. The molecule has 0 bridgehead atoms. The number of benzene rings is 1. The van der Waals surface area contributed by atoms with E-state index < -0.39 is 4.92 Å². The quantitative estimate of drug-likeness (QED) is 0.485. The van der Waals surface area contributed by atoms with Gasteiger partial charge in [-0.3, -0.25) is 15.0 Å². The van der Waals surface area contributed by atoms with Crippen LogP contribution in [0.15, 0.2) is 33.7 Å². The van der Waals surface area contributed by atoms with E-state index in [-0.39, 0.29) is 24.1 Å². The number of nitro benzene ring substituents is 1. The molecule has 1 aliphatic rings. The molecule has 1 N–H and O–H groups in total. The molecule has 1 fully saturated rings. The highest BCUT2D eigenvalue weighted by Gasteiger charge is 2.25. The summed E-state index contributed by atoms with van der Waals surface area (Å²) in [5, 5.41) is 18.0. The van der Waals surface area contributed by atoms with Crippen molar-refractivity contribution in [2.45, 2.75) is 16.7 Å². The number of likely N-dealkylation sites (N-methyl/N-ethyl adjacent to an activating group) is 1. The molecule has 0 saturated carbocycles. The first-order chi connectivity index (χ1) is 11.1. The zero-order valence-electron chi connectivity index (χ0n) is 13.0. The maximum absolute atomic E-state index is 10.6. The van der Waals surface area contributed by atoms with Crippen LogP contribution in [0.1, 0.15) is 17.8 Å². The van der Waals surface area contributed by atoms with E-state index in [0.29, 0.717) is 17.5 Å². The summed E-state index contributed by atoms with van der Waals surface area (Å²) < 4.78 is 5.31. The monoisotopic (exact) mass is 371 g/mol. The Kier molecular flexibility index (Phi) is 6.55. The number of aromatic nitrogens is 2. The van der Waals surface area contributed by atoms with E-state index in [1.54, 1.807) is 12.1 Å². The van der Waals surface area contributed by atoms with Crippen LogP contribution < -0.4 is 5.32 Å². The maximum Gasteiger partial charge on any atom is 0.269 e. The molecule has 3 rings (SSSR count). The van der Waals surface area contributed by atoms with E-state index in [0.717, 1.165) is 24.5 Å². The van der Waals surface area contributed by atoms with Crippen molar-refractivity contribution in [2.75, 3.05) is 26.7 Å². The Morgan fingerprint density at radius 3 is 2.88 bits per heavy atom. The van der Waals surface area contributed by atoms with Crippen LogP contribution in [0.5, 0.6) is 0 Å². The first-order valence-corrected chi connectivity index (χ1v) is 8.23. The van der Waals surface area contributed by atoms with Crippen LogP contribution in [0.3, 0.4) is 0 Å². The first-order valence-electron chi connectivity index (χ1n) is 7.24. The van der Waals surface area contributed by atoms with Gasteiger partial charge in [-0.05, 0) is 19.2 Å². The highest BCUT2D eigenvalue weighted by atomic mass is 35.5. The van der Waals surface area contributed by atoms with E-state index in [2.05, 4.69) is 20.4 Å². The number of thioether (sulfide) groups is 1. The third kappa shape index (κ3) is 4.44. The third-order valence-electron chi connectivity index (χ3n) is 3.70. The second kappa shape index (κ2) is 8.43. The van der Waals surface area contributed by atoms with Gasteiger partial charge < -0.3 is 9.84 Å². The lowest BCUT2D eigenvalue weighted by molar-refractivity contribution is -0.384. The highest BCUT2D eigenvalue weighted by Crippen LogP contribution is 2.25. The van der Waals surface area contributed by atoms with Crippen LogP contribution in [0.25, 0.3) is 0 Å². The van der Waals surface area contributed by atoms with Gasteiger partial charge >= 0.3 is 0 Å². The molecule has 24 heavy (non-hydrogen) atoms. The standard InChI is InChI=1S/C14H17N5O3S.ClH/c1-18-7-6-15-8-12(18)14-16-13(22-17-14)9-23-11-4-2-10(3-5-11)19(20)21;/h2-5,12,15H,6-9H2,1H3;1H. The van der Waals surface area contributed by atoms with Gasteiger partial charge in [0, 0.05) is 36.7 Å². The molecular formula is C14H18ClN5O3S. The Labute approximate surface area is 149 Å². The Balaban J connectivity index is 0.00000208. The van der Waals surface area contributed by atoms with Crippen LogP contribution in [0.4, 0.5) is 5.69 Å². The molecule has 10 heteroatoms. The number of nitrogens with one attached hydrogen (secondary N) is 1. The summed E-state index contributed by atoms with van der Waals surface area (Å²) in [4.78, 5) is 17.8. The van der Waals surface area contributed by atoms with E-state index >= 15 is 0 Å². The van der Waals surface area contributed by atoms with Gasteiger partial charge in [0.25, 0.3) is 5.69 Å². The summed E-state index contributed by atoms with van der Waals surface area (Å²) in [5.41, 5.74) is 0.0854. The zero-order chi connectivity index (χ0) is 16.2. The van der Waals surface area contributed by atoms with Crippen LogP contribution >= 0.6 is 24.2 Å². The van der Waals surface area contributed by atoms with E-state index in [4.69, 9.17) is 4.52 Å². The van der Waals surface area contributed by atoms with Gasteiger partial charge in [-0.1, -0.05) is 5.16 Å². The van der Waals surface area contributed by atoms with Crippen molar-refractivity contribution in [3.05, 3.63) is 46.1 Å². The topological polar surface area (TPSA) is 97.3 Å². The number of hydrogen-bond donors (Lipinski definition) is 1. The average molecular weight is 372 g/mol. The average Bonchev–Trinajstić information content (AvgIpc) is 3.02. The van der Waals surface area contributed by atoms with E-state index in [9.17, 15) is 10.1 Å². The lowest BCUT2D eigenvalue weighted by Gasteiger charge is -2.30. The summed E-state index contributed by atoms with van der Waals surface area (Å²) in [6.45, 7) is 2.73. The van der Waals surface area contributed by atoms with E-state index in [1.165, 1.54) is 23.9 Å². The van der Waals surface area contributed by atoms with Gasteiger partial charge in [0.1, 0.15) is 0 Å². The molecule has 1 saturated heterocycles. The van der Waals surface area contributed by atoms with Gasteiger partial charge in [0.2, 0.25) is 5.89 Å². The number of rotatable bonds is 5. The van der Waals surface area contributed by atoms with Gasteiger partial charge in [-0.2, -0.15) is 4.98 Å². The Morgan fingerprint density at radius 1 is 1.46 bits per heavy atom. The summed E-state index contributed by atoms with van der Waals surface area (Å²) in [6.07, 6.45) is 0. The number of piperazine rings is 1.